The number of piperidine rings is 1. The number of aryl methyl sites for hydroxylation is 1. The number of carbonyl (C=O) groups excluding carboxylic acids is 2. The molecule has 1 amide bonds. The van der Waals surface area contributed by atoms with Crippen LogP contribution in [0.5, 0.6) is 0 Å². The van der Waals surface area contributed by atoms with Gasteiger partial charge in [-0.3, -0.25) is 9.10 Å². The smallest absolute Gasteiger partial charge is 0.338 e. The van der Waals surface area contributed by atoms with Crippen LogP contribution >= 0.6 is 0 Å². The molecule has 0 aromatic heterocycles. The molecule has 0 bridgehead atoms. The van der Waals surface area contributed by atoms with E-state index in [-0.39, 0.29) is 12.5 Å². The van der Waals surface area contributed by atoms with Crippen LogP contribution in [0.2, 0.25) is 0 Å². The number of sulfonamides is 1. The molecule has 0 aliphatic carbocycles. The van der Waals surface area contributed by atoms with Crippen molar-refractivity contribution in [1.29, 1.82) is 0 Å². The van der Waals surface area contributed by atoms with E-state index in [9.17, 15) is 18.0 Å². The van der Waals surface area contributed by atoms with Crippen LogP contribution in [0.4, 0.5) is 5.69 Å². The fourth-order valence-corrected chi connectivity index (χ4v) is 5.20. The van der Waals surface area contributed by atoms with E-state index in [1.54, 1.807) is 23.1 Å². The highest BCUT2D eigenvalue weighted by atomic mass is 32.2. The van der Waals surface area contributed by atoms with Gasteiger partial charge in [-0.2, -0.15) is 0 Å². The van der Waals surface area contributed by atoms with Gasteiger partial charge in [0.2, 0.25) is 10.0 Å². The van der Waals surface area contributed by atoms with E-state index in [1.165, 1.54) is 10.6 Å². The minimum absolute atomic E-state index is 0.173. The minimum Gasteiger partial charge on any atom is -0.452 e. The molecule has 7 nitrogen and oxygen atoms in total. The summed E-state index contributed by atoms with van der Waals surface area (Å²) in [5.41, 5.74) is 1.75. The summed E-state index contributed by atoms with van der Waals surface area (Å²) >= 11 is 0. The number of rotatable bonds is 4. The molecule has 1 aromatic carbocycles. The number of anilines is 1. The lowest BCUT2D eigenvalue weighted by Crippen LogP contribution is -2.44. The van der Waals surface area contributed by atoms with Crippen molar-refractivity contribution < 1.29 is 22.7 Å². The molecule has 28 heavy (non-hydrogen) atoms. The molecule has 0 radical (unpaired) electrons. The summed E-state index contributed by atoms with van der Waals surface area (Å²) in [5, 5.41) is 0. The van der Waals surface area contributed by atoms with Crippen LogP contribution in [0.15, 0.2) is 18.2 Å². The molecule has 2 heterocycles. The maximum absolute atomic E-state index is 12.4. The summed E-state index contributed by atoms with van der Waals surface area (Å²) < 4.78 is 30.5. The lowest BCUT2D eigenvalue weighted by Gasteiger charge is -2.34. The zero-order valence-corrected chi connectivity index (χ0v) is 17.5. The first-order valence-electron chi connectivity index (χ1n) is 9.70. The third-order valence-electron chi connectivity index (χ3n) is 5.34. The van der Waals surface area contributed by atoms with E-state index in [4.69, 9.17) is 4.74 Å². The SMILES string of the molecule is C[C@@H]1C[C@H](C)CN(C(=O)COC(=O)c2ccc3c(c2)CCCN3S(C)(=O)=O)C1. The number of ether oxygens (including phenoxy) is 1. The second-order valence-corrected chi connectivity index (χ2v) is 10.0. The maximum Gasteiger partial charge on any atom is 0.338 e. The van der Waals surface area contributed by atoms with E-state index in [0.29, 0.717) is 55.6 Å². The monoisotopic (exact) mass is 408 g/mol. The fourth-order valence-electron chi connectivity index (χ4n) is 4.20. The molecule has 0 spiro atoms. The first-order valence-corrected chi connectivity index (χ1v) is 11.6. The van der Waals surface area contributed by atoms with Crippen LogP contribution in [0.25, 0.3) is 0 Å². The first kappa shape index (κ1) is 20.6. The Balaban J connectivity index is 1.64. The van der Waals surface area contributed by atoms with Gasteiger partial charge in [-0.05, 0) is 54.9 Å². The van der Waals surface area contributed by atoms with Gasteiger partial charge in [0.05, 0.1) is 17.5 Å². The van der Waals surface area contributed by atoms with Gasteiger partial charge in [-0.15, -0.1) is 0 Å². The van der Waals surface area contributed by atoms with Crippen molar-refractivity contribution in [2.24, 2.45) is 11.8 Å². The fraction of sp³-hybridized carbons (Fsp3) is 0.600. The van der Waals surface area contributed by atoms with E-state index >= 15 is 0 Å². The molecule has 2 aliphatic heterocycles. The quantitative estimate of drug-likeness (QED) is 0.712. The van der Waals surface area contributed by atoms with Gasteiger partial charge in [0.25, 0.3) is 5.91 Å². The van der Waals surface area contributed by atoms with Gasteiger partial charge in [-0.1, -0.05) is 13.8 Å². The normalized spacial score (nSPS) is 22.5. The van der Waals surface area contributed by atoms with Gasteiger partial charge in [0, 0.05) is 19.6 Å². The lowest BCUT2D eigenvalue weighted by atomic mass is 9.92. The van der Waals surface area contributed by atoms with Crippen molar-refractivity contribution in [1.82, 2.24) is 4.90 Å². The first-order chi connectivity index (χ1) is 13.1. The van der Waals surface area contributed by atoms with E-state index in [1.807, 2.05) is 0 Å². The number of amides is 1. The Bertz CT molecular complexity index is 857. The summed E-state index contributed by atoms with van der Waals surface area (Å²) in [5.74, 6) is 0.155. The van der Waals surface area contributed by atoms with Crippen molar-refractivity contribution >= 4 is 27.6 Å². The highest BCUT2D eigenvalue weighted by Gasteiger charge is 2.27. The van der Waals surface area contributed by atoms with Crippen molar-refractivity contribution in [2.75, 3.05) is 36.8 Å². The molecule has 2 atom stereocenters. The highest BCUT2D eigenvalue weighted by molar-refractivity contribution is 7.92. The number of benzene rings is 1. The molecule has 1 fully saturated rings. The average Bonchev–Trinajstić information content (AvgIpc) is 2.63. The van der Waals surface area contributed by atoms with E-state index in [2.05, 4.69) is 13.8 Å². The Morgan fingerprint density at radius 1 is 1.18 bits per heavy atom. The molecule has 1 aromatic rings. The molecule has 0 unspecified atom stereocenters. The molecule has 3 rings (SSSR count). The number of fused-ring (bicyclic) bond motifs is 1. The van der Waals surface area contributed by atoms with Crippen LogP contribution in [-0.4, -0.2) is 57.7 Å². The van der Waals surface area contributed by atoms with Gasteiger partial charge >= 0.3 is 5.97 Å². The molecule has 0 saturated carbocycles. The van der Waals surface area contributed by atoms with Crippen molar-refractivity contribution in [3.8, 4) is 0 Å². The van der Waals surface area contributed by atoms with Gasteiger partial charge in [-0.25, -0.2) is 13.2 Å². The average molecular weight is 409 g/mol. The molecular weight excluding hydrogens is 380 g/mol. The van der Waals surface area contributed by atoms with E-state index < -0.39 is 16.0 Å². The van der Waals surface area contributed by atoms with Crippen LogP contribution in [0, 0.1) is 11.8 Å². The second-order valence-electron chi connectivity index (χ2n) is 8.10. The summed E-state index contributed by atoms with van der Waals surface area (Å²) in [6.07, 6.45) is 3.68. The minimum atomic E-state index is -3.35. The third kappa shape index (κ3) is 4.66. The predicted octanol–water partition coefficient (Wildman–Crippen LogP) is 2.06. The van der Waals surface area contributed by atoms with Gasteiger partial charge in [0.15, 0.2) is 6.61 Å². The topological polar surface area (TPSA) is 84.0 Å². The Labute approximate surface area is 166 Å². The Kier molecular flexibility index (Phi) is 5.98. The van der Waals surface area contributed by atoms with Crippen LogP contribution in [0.1, 0.15) is 42.6 Å². The number of esters is 1. The highest BCUT2D eigenvalue weighted by Crippen LogP contribution is 2.30. The predicted molar refractivity (Wildman–Crippen MR) is 107 cm³/mol. The van der Waals surface area contributed by atoms with Crippen molar-refractivity contribution in [3.05, 3.63) is 29.3 Å². The third-order valence-corrected chi connectivity index (χ3v) is 6.52. The Morgan fingerprint density at radius 2 is 1.86 bits per heavy atom. The molecule has 2 aliphatic rings. The summed E-state index contributed by atoms with van der Waals surface area (Å²) in [6.45, 7) is 5.80. The van der Waals surface area contributed by atoms with Crippen molar-refractivity contribution in [2.45, 2.75) is 33.1 Å². The lowest BCUT2D eigenvalue weighted by molar-refractivity contribution is -0.137. The number of carbonyl (C=O) groups is 2. The second kappa shape index (κ2) is 8.11. The number of hydrogen-bond donors (Lipinski definition) is 0. The van der Waals surface area contributed by atoms with Crippen LogP contribution < -0.4 is 4.31 Å². The Morgan fingerprint density at radius 3 is 2.50 bits per heavy atom. The molecular formula is C20H28N2O5S. The maximum atomic E-state index is 12.4. The zero-order chi connectivity index (χ0) is 20.5. The largest absolute Gasteiger partial charge is 0.452 e. The molecule has 154 valence electrons. The molecule has 8 heteroatoms. The standard InChI is InChI=1S/C20H28N2O5S/c1-14-9-15(2)12-21(11-14)19(23)13-27-20(24)17-6-7-18-16(10-17)5-4-8-22(18)28(3,25)26/h6-7,10,14-15H,4-5,8-9,11-13H2,1-3H3/t14-,15+. The summed E-state index contributed by atoms with van der Waals surface area (Å²) in [4.78, 5) is 26.6. The van der Waals surface area contributed by atoms with Gasteiger partial charge < -0.3 is 9.64 Å². The number of hydrogen-bond acceptors (Lipinski definition) is 5. The summed E-state index contributed by atoms with van der Waals surface area (Å²) in [7, 11) is -3.35. The summed E-state index contributed by atoms with van der Waals surface area (Å²) in [6, 6.07) is 4.87. The van der Waals surface area contributed by atoms with Crippen LogP contribution in [0.3, 0.4) is 0 Å². The molecule has 1 saturated heterocycles. The molecule has 0 N–H and O–H groups in total. The zero-order valence-electron chi connectivity index (χ0n) is 16.7. The number of likely N-dealkylation sites (tertiary alicyclic amines) is 1. The Hall–Kier alpha value is -2.09. The van der Waals surface area contributed by atoms with Gasteiger partial charge in [0.1, 0.15) is 0 Å². The number of nitrogens with zero attached hydrogens (tertiary/aromatic N) is 2. The van der Waals surface area contributed by atoms with E-state index in [0.717, 1.165) is 12.0 Å². The van der Waals surface area contributed by atoms with Crippen molar-refractivity contribution in [3.63, 3.8) is 0 Å². The van der Waals surface area contributed by atoms with Crippen LogP contribution in [-0.2, 0) is 26.0 Å².